The first-order valence-corrected chi connectivity index (χ1v) is 11.4. The van der Waals surface area contributed by atoms with Gasteiger partial charge in [-0.3, -0.25) is 9.69 Å². The second kappa shape index (κ2) is 9.30. The van der Waals surface area contributed by atoms with Gasteiger partial charge in [-0.2, -0.15) is 0 Å². The summed E-state index contributed by atoms with van der Waals surface area (Å²) in [6.45, 7) is 0.335. The van der Waals surface area contributed by atoms with Gasteiger partial charge < -0.3 is 9.47 Å². The molecule has 0 fully saturated rings. The van der Waals surface area contributed by atoms with Crippen molar-refractivity contribution in [3.05, 3.63) is 96.6 Å². The molecule has 5 rings (SSSR count). The van der Waals surface area contributed by atoms with E-state index in [2.05, 4.69) is 0 Å². The van der Waals surface area contributed by atoms with E-state index in [1.165, 1.54) is 11.3 Å². The highest BCUT2D eigenvalue weighted by atomic mass is 32.1. The number of fused-ring (bicyclic) bond motifs is 2. The van der Waals surface area contributed by atoms with Crippen molar-refractivity contribution in [2.24, 2.45) is 0 Å². The van der Waals surface area contributed by atoms with Crippen LogP contribution in [0.15, 0.2) is 91.0 Å². The second-order valence-electron chi connectivity index (χ2n) is 7.59. The zero-order valence-electron chi connectivity index (χ0n) is 18.1. The van der Waals surface area contributed by atoms with E-state index >= 15 is 0 Å². The Balaban J connectivity index is 1.41. The molecule has 0 aliphatic rings. The number of thiazole rings is 1. The number of methoxy groups -OCH3 is 1. The van der Waals surface area contributed by atoms with Crippen molar-refractivity contribution in [2.75, 3.05) is 18.6 Å². The van der Waals surface area contributed by atoms with Crippen LogP contribution >= 0.6 is 11.3 Å². The molecule has 0 spiro atoms. The van der Waals surface area contributed by atoms with Gasteiger partial charge in [0.2, 0.25) is 0 Å². The van der Waals surface area contributed by atoms with Crippen LogP contribution in [-0.2, 0) is 11.3 Å². The van der Waals surface area contributed by atoms with Crippen LogP contribution in [0.2, 0.25) is 0 Å². The number of rotatable bonds is 7. The monoisotopic (exact) mass is 454 g/mol. The molecule has 4 aromatic carbocycles. The average molecular weight is 455 g/mol. The minimum absolute atomic E-state index is 0.0789. The number of aromatic nitrogens is 1. The second-order valence-corrected chi connectivity index (χ2v) is 8.60. The lowest BCUT2D eigenvalue weighted by Gasteiger charge is -2.20. The van der Waals surface area contributed by atoms with Crippen LogP contribution in [0.3, 0.4) is 0 Å². The highest BCUT2D eigenvalue weighted by molar-refractivity contribution is 7.22. The lowest BCUT2D eigenvalue weighted by atomic mass is 10.1. The van der Waals surface area contributed by atoms with Crippen molar-refractivity contribution < 1.29 is 14.3 Å². The molecule has 1 aromatic heterocycles. The molecular formula is C27H22N2O3S. The molecule has 1 amide bonds. The molecule has 1 heterocycles. The number of carbonyl (C=O) groups is 1. The number of hydrogen-bond acceptors (Lipinski definition) is 5. The van der Waals surface area contributed by atoms with E-state index in [1.807, 2.05) is 91.0 Å². The Bertz CT molecular complexity index is 1420. The Hall–Kier alpha value is -3.90. The first-order chi connectivity index (χ1) is 16.2. The van der Waals surface area contributed by atoms with Gasteiger partial charge in [0, 0.05) is 6.07 Å². The number of carbonyl (C=O) groups excluding carboxylic acids is 1. The highest BCUT2D eigenvalue weighted by Crippen LogP contribution is 2.32. The van der Waals surface area contributed by atoms with E-state index in [0.717, 1.165) is 32.3 Å². The van der Waals surface area contributed by atoms with Crippen molar-refractivity contribution >= 4 is 43.4 Å². The molecule has 0 radical (unpaired) electrons. The molecule has 164 valence electrons. The zero-order chi connectivity index (χ0) is 22.6. The van der Waals surface area contributed by atoms with Gasteiger partial charge in [-0.1, -0.05) is 72.0 Å². The standard InChI is InChI=1S/C27H22N2O3S/c1-31-22-13-14-25-24(16-22)28-27(33-25)29(17-19-7-3-2-4-8-19)26(30)18-32-23-12-11-20-9-5-6-10-21(20)15-23/h2-16H,17-18H2,1H3. The fraction of sp³-hybridized carbons (Fsp3) is 0.111. The predicted molar refractivity (Wildman–Crippen MR) is 133 cm³/mol. The summed E-state index contributed by atoms with van der Waals surface area (Å²) in [5.74, 6) is 1.24. The van der Waals surface area contributed by atoms with Crippen LogP contribution in [-0.4, -0.2) is 24.6 Å². The molecule has 5 nitrogen and oxygen atoms in total. The minimum atomic E-state index is -0.155. The Labute approximate surface area is 195 Å². The molecule has 0 saturated heterocycles. The zero-order valence-corrected chi connectivity index (χ0v) is 18.9. The molecule has 0 N–H and O–H groups in total. The normalized spacial score (nSPS) is 10.9. The Kier molecular flexibility index (Phi) is 5.91. The molecular weight excluding hydrogens is 432 g/mol. The molecule has 33 heavy (non-hydrogen) atoms. The predicted octanol–water partition coefficient (Wildman–Crippen LogP) is 6.07. The van der Waals surface area contributed by atoms with Crippen molar-refractivity contribution in [1.82, 2.24) is 4.98 Å². The third-order valence-corrected chi connectivity index (χ3v) is 6.44. The molecule has 6 heteroatoms. The summed E-state index contributed by atoms with van der Waals surface area (Å²) in [5, 5.41) is 2.84. The fourth-order valence-corrected chi connectivity index (χ4v) is 4.61. The summed E-state index contributed by atoms with van der Waals surface area (Å²) in [6.07, 6.45) is 0. The quantitative estimate of drug-likeness (QED) is 0.299. The maximum absolute atomic E-state index is 13.3. The molecule has 0 atom stereocenters. The third-order valence-electron chi connectivity index (χ3n) is 5.38. The van der Waals surface area contributed by atoms with E-state index in [9.17, 15) is 4.79 Å². The van der Waals surface area contributed by atoms with Gasteiger partial charge in [0.1, 0.15) is 11.5 Å². The summed E-state index contributed by atoms with van der Waals surface area (Å²) in [5.41, 5.74) is 1.82. The molecule has 0 unspecified atom stereocenters. The van der Waals surface area contributed by atoms with E-state index < -0.39 is 0 Å². The number of amides is 1. The molecule has 0 saturated carbocycles. The van der Waals surface area contributed by atoms with Crippen LogP contribution in [0.25, 0.3) is 21.0 Å². The van der Waals surface area contributed by atoms with Gasteiger partial charge in [0.15, 0.2) is 11.7 Å². The van der Waals surface area contributed by atoms with Crippen molar-refractivity contribution in [2.45, 2.75) is 6.54 Å². The van der Waals surface area contributed by atoms with Gasteiger partial charge in [0.25, 0.3) is 5.91 Å². The molecule has 0 aliphatic heterocycles. The Morgan fingerprint density at radius 3 is 2.45 bits per heavy atom. The van der Waals surface area contributed by atoms with E-state index in [4.69, 9.17) is 14.5 Å². The Morgan fingerprint density at radius 1 is 0.879 bits per heavy atom. The van der Waals surface area contributed by atoms with Crippen LogP contribution < -0.4 is 14.4 Å². The van der Waals surface area contributed by atoms with E-state index in [0.29, 0.717) is 17.4 Å². The smallest absolute Gasteiger partial charge is 0.267 e. The summed E-state index contributed by atoms with van der Waals surface area (Å²) in [6, 6.07) is 29.5. The number of ether oxygens (including phenoxy) is 2. The summed E-state index contributed by atoms with van der Waals surface area (Å²) < 4.78 is 12.2. The van der Waals surface area contributed by atoms with Gasteiger partial charge in [-0.05, 0) is 40.6 Å². The first kappa shape index (κ1) is 21.0. The third kappa shape index (κ3) is 4.66. The summed E-state index contributed by atoms with van der Waals surface area (Å²) >= 11 is 1.48. The number of nitrogens with zero attached hydrogens (tertiary/aromatic N) is 2. The van der Waals surface area contributed by atoms with Gasteiger partial charge >= 0.3 is 0 Å². The highest BCUT2D eigenvalue weighted by Gasteiger charge is 2.21. The molecule has 0 bridgehead atoms. The Morgan fingerprint density at radius 2 is 1.64 bits per heavy atom. The topological polar surface area (TPSA) is 51.7 Å². The minimum Gasteiger partial charge on any atom is -0.497 e. The maximum atomic E-state index is 13.3. The van der Waals surface area contributed by atoms with Crippen molar-refractivity contribution in [1.29, 1.82) is 0 Å². The van der Waals surface area contributed by atoms with Crippen LogP contribution in [0, 0.1) is 0 Å². The van der Waals surface area contributed by atoms with Crippen molar-refractivity contribution in [3.8, 4) is 11.5 Å². The van der Waals surface area contributed by atoms with Crippen molar-refractivity contribution in [3.63, 3.8) is 0 Å². The average Bonchev–Trinajstić information content (AvgIpc) is 3.29. The van der Waals surface area contributed by atoms with E-state index in [1.54, 1.807) is 12.0 Å². The lowest BCUT2D eigenvalue weighted by molar-refractivity contribution is -0.120. The first-order valence-electron chi connectivity index (χ1n) is 10.6. The van der Waals surface area contributed by atoms with Crippen LogP contribution in [0.5, 0.6) is 11.5 Å². The molecule has 0 aliphatic carbocycles. The fourth-order valence-electron chi connectivity index (χ4n) is 3.65. The number of benzene rings is 4. The SMILES string of the molecule is COc1ccc2sc(N(Cc3ccccc3)C(=O)COc3ccc4ccccc4c3)nc2c1. The van der Waals surface area contributed by atoms with Gasteiger partial charge in [0.05, 0.1) is 23.9 Å². The molecule has 5 aromatic rings. The van der Waals surface area contributed by atoms with Crippen LogP contribution in [0.1, 0.15) is 5.56 Å². The van der Waals surface area contributed by atoms with E-state index in [-0.39, 0.29) is 12.5 Å². The number of anilines is 1. The maximum Gasteiger partial charge on any atom is 0.267 e. The largest absolute Gasteiger partial charge is 0.497 e. The number of hydrogen-bond donors (Lipinski definition) is 0. The lowest BCUT2D eigenvalue weighted by Crippen LogP contribution is -2.34. The summed E-state index contributed by atoms with van der Waals surface area (Å²) in [4.78, 5) is 19.7. The van der Waals surface area contributed by atoms with Crippen LogP contribution in [0.4, 0.5) is 5.13 Å². The van der Waals surface area contributed by atoms with Gasteiger partial charge in [-0.15, -0.1) is 0 Å². The summed E-state index contributed by atoms with van der Waals surface area (Å²) in [7, 11) is 1.63. The van der Waals surface area contributed by atoms with Gasteiger partial charge in [-0.25, -0.2) is 4.98 Å².